The van der Waals surface area contributed by atoms with E-state index in [9.17, 15) is 12.3 Å². The zero-order valence-electron chi connectivity index (χ0n) is 8.79. The highest BCUT2D eigenvalue weighted by Crippen LogP contribution is 2.25. The van der Waals surface area contributed by atoms with E-state index in [0.717, 1.165) is 0 Å². The summed E-state index contributed by atoms with van der Waals surface area (Å²) >= 11 is 0. The molecule has 0 fully saturated rings. The van der Waals surface area contributed by atoms with Gasteiger partial charge in [0.2, 0.25) is 0 Å². The molecule has 6 nitrogen and oxygen atoms in total. The topological polar surface area (TPSA) is 88.8 Å². The number of nitrogens with zero attached hydrogens (tertiary/aromatic N) is 2. The van der Waals surface area contributed by atoms with Gasteiger partial charge in [0.05, 0.1) is 11.6 Å². The molecular formula is C10H6FN3O3S. The molecule has 0 atom stereocenters. The number of rotatable bonds is 2. The lowest BCUT2D eigenvalue weighted by molar-refractivity contribution is 0.548. The lowest BCUT2D eigenvalue weighted by atomic mass is 10.4. The highest BCUT2D eigenvalue weighted by atomic mass is 32.3. The first-order valence-corrected chi connectivity index (χ1v) is 6.28. The van der Waals surface area contributed by atoms with E-state index >= 15 is 0 Å². The largest absolute Gasteiger partial charge is 0.461 e. The molecule has 0 spiro atoms. The lowest BCUT2D eigenvalue weighted by Crippen LogP contribution is -2.00. The van der Waals surface area contributed by atoms with Gasteiger partial charge in [-0.15, -0.1) is 0 Å². The van der Waals surface area contributed by atoms with E-state index in [1.54, 1.807) is 12.1 Å². The summed E-state index contributed by atoms with van der Waals surface area (Å²) in [5.74, 6) is 0.266. The Morgan fingerprint density at radius 1 is 1.28 bits per heavy atom. The predicted octanol–water partition coefficient (Wildman–Crippen LogP) is 1.88. The molecule has 0 aliphatic rings. The van der Waals surface area contributed by atoms with Gasteiger partial charge in [0, 0.05) is 6.20 Å². The maximum Gasteiger partial charge on any atom is 0.350 e. The molecule has 3 aromatic heterocycles. The number of furan rings is 1. The maximum absolute atomic E-state index is 13.2. The van der Waals surface area contributed by atoms with E-state index in [2.05, 4.69) is 15.0 Å². The highest BCUT2D eigenvalue weighted by molar-refractivity contribution is 7.86. The average Bonchev–Trinajstić information content (AvgIpc) is 2.97. The molecule has 8 heteroatoms. The fourth-order valence-electron chi connectivity index (χ4n) is 1.61. The molecule has 0 saturated heterocycles. The Labute approximate surface area is 101 Å². The third-order valence-electron chi connectivity index (χ3n) is 2.35. The molecule has 1 N–H and O–H groups in total. The number of nitrogens with one attached hydrogen (secondary N) is 1. The van der Waals surface area contributed by atoms with Crippen LogP contribution in [0.1, 0.15) is 0 Å². The Bertz CT molecular complexity index is 808. The zero-order chi connectivity index (χ0) is 12.8. The smallest absolute Gasteiger partial charge is 0.350 e. The SMILES string of the molecule is O=S(=O)(F)c1nc(-c2ccco2)nc2[nH]ccc12. The minimum atomic E-state index is -4.93. The molecule has 3 heterocycles. The summed E-state index contributed by atoms with van der Waals surface area (Å²) in [6, 6.07) is 4.55. The molecule has 0 aliphatic carbocycles. The Kier molecular flexibility index (Phi) is 2.20. The maximum atomic E-state index is 13.2. The monoisotopic (exact) mass is 267 g/mol. The summed E-state index contributed by atoms with van der Waals surface area (Å²) in [6.07, 6.45) is 2.85. The van der Waals surface area contributed by atoms with E-state index in [-0.39, 0.29) is 22.6 Å². The minimum absolute atomic E-state index is 0.00572. The van der Waals surface area contributed by atoms with Gasteiger partial charge in [0.15, 0.2) is 16.6 Å². The van der Waals surface area contributed by atoms with Gasteiger partial charge in [-0.25, -0.2) is 9.97 Å². The van der Waals surface area contributed by atoms with E-state index < -0.39 is 15.2 Å². The van der Waals surface area contributed by atoms with Crippen LogP contribution in [0.5, 0.6) is 0 Å². The molecule has 0 aromatic carbocycles. The number of hydrogen-bond donors (Lipinski definition) is 1. The molecule has 3 aromatic rings. The molecule has 0 bridgehead atoms. The highest BCUT2D eigenvalue weighted by Gasteiger charge is 2.22. The molecule has 18 heavy (non-hydrogen) atoms. The van der Waals surface area contributed by atoms with Crippen molar-refractivity contribution in [2.45, 2.75) is 5.03 Å². The third kappa shape index (κ3) is 1.66. The van der Waals surface area contributed by atoms with E-state index in [1.807, 2.05) is 0 Å². The van der Waals surface area contributed by atoms with Gasteiger partial charge in [0.1, 0.15) is 5.65 Å². The van der Waals surface area contributed by atoms with Crippen LogP contribution in [0.4, 0.5) is 3.89 Å². The summed E-state index contributed by atoms with van der Waals surface area (Å²) in [4.78, 5) is 10.5. The molecule has 0 aliphatic heterocycles. The standard InChI is InChI=1S/C10H6FN3O3S/c11-18(15,16)10-6-3-4-12-8(6)13-9(14-10)7-2-1-5-17-7/h1-5H,(H,12,13,14). The van der Waals surface area contributed by atoms with E-state index in [1.165, 1.54) is 18.5 Å². The Balaban J connectivity index is 2.37. The summed E-state index contributed by atoms with van der Waals surface area (Å²) in [5.41, 5.74) is 0.229. The molecule has 0 unspecified atom stereocenters. The molecule has 3 rings (SSSR count). The molecule has 0 saturated carbocycles. The van der Waals surface area contributed by atoms with Crippen LogP contribution in [-0.4, -0.2) is 23.4 Å². The summed E-state index contributed by atoms with van der Waals surface area (Å²) < 4.78 is 40.4. The molecule has 0 amide bonds. The Hall–Kier alpha value is -2.22. The first-order chi connectivity index (χ1) is 8.55. The van der Waals surface area contributed by atoms with Crippen LogP contribution in [0.2, 0.25) is 0 Å². The second-order valence-electron chi connectivity index (χ2n) is 3.51. The van der Waals surface area contributed by atoms with E-state index in [4.69, 9.17) is 4.42 Å². The van der Waals surface area contributed by atoms with Gasteiger partial charge in [-0.2, -0.15) is 8.42 Å². The Morgan fingerprint density at radius 2 is 2.11 bits per heavy atom. The molecule has 92 valence electrons. The minimum Gasteiger partial charge on any atom is -0.461 e. The van der Waals surface area contributed by atoms with Crippen LogP contribution in [0.25, 0.3) is 22.6 Å². The van der Waals surface area contributed by atoms with Crippen molar-refractivity contribution in [2.75, 3.05) is 0 Å². The van der Waals surface area contributed by atoms with Crippen molar-refractivity contribution in [1.29, 1.82) is 0 Å². The number of H-pyrrole nitrogens is 1. The van der Waals surface area contributed by atoms with Gasteiger partial charge in [-0.05, 0) is 18.2 Å². The first-order valence-electron chi connectivity index (χ1n) is 4.89. The van der Waals surface area contributed by atoms with Crippen molar-refractivity contribution in [3.8, 4) is 11.6 Å². The lowest BCUT2D eigenvalue weighted by Gasteiger charge is -2.00. The van der Waals surface area contributed by atoms with Crippen molar-refractivity contribution in [2.24, 2.45) is 0 Å². The zero-order valence-corrected chi connectivity index (χ0v) is 9.61. The van der Waals surface area contributed by atoms with Gasteiger partial charge in [-0.3, -0.25) is 0 Å². The summed E-state index contributed by atoms with van der Waals surface area (Å²) in [7, 11) is -4.93. The number of hydrogen-bond acceptors (Lipinski definition) is 5. The van der Waals surface area contributed by atoms with Crippen molar-refractivity contribution in [3.05, 3.63) is 30.7 Å². The quantitative estimate of drug-likeness (QED) is 0.565. The van der Waals surface area contributed by atoms with Crippen molar-refractivity contribution < 1.29 is 16.7 Å². The van der Waals surface area contributed by atoms with Crippen LogP contribution in [0, 0.1) is 0 Å². The van der Waals surface area contributed by atoms with Gasteiger partial charge in [0.25, 0.3) is 0 Å². The Morgan fingerprint density at radius 3 is 2.78 bits per heavy atom. The second-order valence-corrected chi connectivity index (χ2v) is 4.77. The first kappa shape index (κ1) is 10.9. The number of halogens is 1. The fraction of sp³-hybridized carbons (Fsp3) is 0. The molecular weight excluding hydrogens is 261 g/mol. The average molecular weight is 267 g/mol. The third-order valence-corrected chi connectivity index (χ3v) is 3.13. The summed E-state index contributed by atoms with van der Waals surface area (Å²) in [5, 5.41) is -0.562. The van der Waals surface area contributed by atoms with Gasteiger partial charge < -0.3 is 9.40 Å². The number of aromatic amines is 1. The van der Waals surface area contributed by atoms with Crippen LogP contribution < -0.4 is 0 Å². The van der Waals surface area contributed by atoms with Crippen molar-refractivity contribution in [3.63, 3.8) is 0 Å². The second kappa shape index (κ2) is 3.64. The van der Waals surface area contributed by atoms with Crippen LogP contribution >= 0.6 is 0 Å². The normalized spacial score (nSPS) is 12.1. The predicted molar refractivity (Wildman–Crippen MR) is 59.9 cm³/mol. The fourth-order valence-corrected chi connectivity index (χ4v) is 2.24. The summed E-state index contributed by atoms with van der Waals surface area (Å²) in [6.45, 7) is 0. The van der Waals surface area contributed by atoms with E-state index in [0.29, 0.717) is 0 Å². The number of aromatic nitrogens is 3. The van der Waals surface area contributed by atoms with Gasteiger partial charge in [-0.1, -0.05) is 3.89 Å². The van der Waals surface area contributed by atoms with Crippen LogP contribution in [0.3, 0.4) is 0 Å². The van der Waals surface area contributed by atoms with Crippen LogP contribution in [0.15, 0.2) is 40.1 Å². The van der Waals surface area contributed by atoms with Crippen molar-refractivity contribution >= 4 is 21.3 Å². The molecule has 0 radical (unpaired) electrons. The van der Waals surface area contributed by atoms with Crippen molar-refractivity contribution in [1.82, 2.24) is 15.0 Å². The van der Waals surface area contributed by atoms with Crippen LogP contribution in [-0.2, 0) is 10.2 Å². The number of fused-ring (bicyclic) bond motifs is 1. The van der Waals surface area contributed by atoms with Gasteiger partial charge >= 0.3 is 10.2 Å².